The molecule has 1 saturated heterocycles. The van der Waals surface area contributed by atoms with Crippen molar-refractivity contribution in [1.29, 1.82) is 0 Å². The molecular weight excluding hydrogens is 350 g/mol. The van der Waals surface area contributed by atoms with Gasteiger partial charge in [0.15, 0.2) is 11.1 Å². The van der Waals surface area contributed by atoms with E-state index in [0.717, 1.165) is 5.56 Å². The van der Waals surface area contributed by atoms with E-state index in [1.807, 2.05) is 50.2 Å². The van der Waals surface area contributed by atoms with Crippen molar-refractivity contribution in [2.75, 3.05) is 13.2 Å². The van der Waals surface area contributed by atoms with E-state index < -0.39 is 16.8 Å². The molecule has 0 radical (unpaired) electrons. The van der Waals surface area contributed by atoms with Crippen LogP contribution >= 0.6 is 0 Å². The minimum Gasteiger partial charge on any atom is -0.354 e. The maximum atomic E-state index is 12.8. The second-order valence-corrected chi connectivity index (χ2v) is 7.85. The third kappa shape index (κ3) is 4.38. The number of carbonyl (C=O) groups excluding carboxylic acids is 1. The van der Waals surface area contributed by atoms with Crippen molar-refractivity contribution in [2.45, 2.75) is 36.9 Å². The molecule has 1 amide bonds. The lowest BCUT2D eigenvalue weighted by Gasteiger charge is -2.33. The van der Waals surface area contributed by atoms with Crippen LogP contribution in [0, 0.1) is 0 Å². The van der Waals surface area contributed by atoms with Crippen molar-refractivity contribution in [3.63, 3.8) is 0 Å². The van der Waals surface area contributed by atoms with Gasteiger partial charge in [0.2, 0.25) is 0 Å². The number of rotatable bonds is 6. The zero-order valence-electron chi connectivity index (χ0n) is 15.0. The number of nitrogens with zero attached hydrogens (tertiary/aromatic N) is 1. The van der Waals surface area contributed by atoms with Crippen LogP contribution in [-0.4, -0.2) is 40.0 Å². The predicted octanol–water partition coefficient (Wildman–Crippen LogP) is 2.93. The van der Waals surface area contributed by atoms with Crippen LogP contribution in [0.1, 0.15) is 19.4 Å². The lowest BCUT2D eigenvalue weighted by atomic mass is 10.0. The van der Waals surface area contributed by atoms with Gasteiger partial charge in [-0.2, -0.15) is 0 Å². The number of amides is 1. The van der Waals surface area contributed by atoms with Crippen LogP contribution in [-0.2, 0) is 31.2 Å². The van der Waals surface area contributed by atoms with Gasteiger partial charge in [0.1, 0.15) is 12.3 Å². The summed E-state index contributed by atoms with van der Waals surface area (Å²) in [5.74, 6) is -0.224. The predicted molar refractivity (Wildman–Crippen MR) is 99.6 cm³/mol. The fourth-order valence-electron chi connectivity index (χ4n) is 3.20. The zero-order valence-corrected chi connectivity index (χ0v) is 15.8. The summed E-state index contributed by atoms with van der Waals surface area (Å²) in [6.45, 7) is 3.95. The Labute approximate surface area is 156 Å². The van der Waals surface area contributed by atoms with Gasteiger partial charge in [-0.1, -0.05) is 48.5 Å². The normalized spacial score (nSPS) is 20.1. The monoisotopic (exact) mass is 373 g/mol. The third-order valence-electron chi connectivity index (χ3n) is 4.38. The summed E-state index contributed by atoms with van der Waals surface area (Å²) in [5, 5.41) is 0. The van der Waals surface area contributed by atoms with Crippen molar-refractivity contribution < 1.29 is 17.9 Å². The molecule has 2 unspecified atom stereocenters. The number of hydrogen-bond acceptors (Lipinski definition) is 4. The first-order valence-electron chi connectivity index (χ1n) is 8.57. The summed E-state index contributed by atoms with van der Waals surface area (Å²) in [4.78, 5) is 15.0. The van der Waals surface area contributed by atoms with Crippen LogP contribution in [0.2, 0.25) is 0 Å². The Balaban J connectivity index is 1.65. The molecule has 0 aliphatic carbocycles. The van der Waals surface area contributed by atoms with E-state index in [1.165, 1.54) is 0 Å². The topological polar surface area (TPSA) is 55.8 Å². The smallest absolute Gasteiger partial charge is 0.252 e. The first-order valence-corrected chi connectivity index (χ1v) is 9.65. The lowest BCUT2D eigenvalue weighted by molar-refractivity contribution is -0.148. The molecule has 0 saturated carbocycles. The third-order valence-corrected chi connectivity index (χ3v) is 5.37. The first-order chi connectivity index (χ1) is 12.5. The maximum absolute atomic E-state index is 12.8. The Kier molecular flexibility index (Phi) is 5.86. The fourth-order valence-corrected chi connectivity index (χ4v) is 3.92. The Hall–Kier alpha value is -2.02. The molecule has 1 heterocycles. The van der Waals surface area contributed by atoms with Gasteiger partial charge >= 0.3 is 0 Å². The zero-order chi connectivity index (χ0) is 18.6. The molecule has 0 aromatic heterocycles. The molecule has 5 nitrogen and oxygen atoms in total. The van der Waals surface area contributed by atoms with Gasteiger partial charge < -0.3 is 9.64 Å². The fraction of sp³-hybridized carbons (Fsp3) is 0.350. The molecule has 2 aromatic carbocycles. The highest BCUT2D eigenvalue weighted by Crippen LogP contribution is 2.29. The van der Waals surface area contributed by atoms with Crippen molar-refractivity contribution >= 4 is 17.0 Å². The van der Waals surface area contributed by atoms with Gasteiger partial charge in [-0.15, -0.1) is 0 Å². The highest BCUT2D eigenvalue weighted by Gasteiger charge is 2.43. The largest absolute Gasteiger partial charge is 0.354 e. The van der Waals surface area contributed by atoms with E-state index in [0.29, 0.717) is 17.9 Å². The minimum absolute atomic E-state index is 0.0753. The van der Waals surface area contributed by atoms with Gasteiger partial charge in [-0.25, -0.2) is 4.21 Å². The first kappa shape index (κ1) is 18.8. The van der Waals surface area contributed by atoms with Crippen molar-refractivity contribution in [3.05, 3.63) is 66.2 Å². The van der Waals surface area contributed by atoms with Crippen molar-refractivity contribution in [3.8, 4) is 0 Å². The van der Waals surface area contributed by atoms with Gasteiger partial charge in [0.25, 0.3) is 5.91 Å². The Bertz CT molecular complexity index is 764. The average molecular weight is 373 g/mol. The SMILES string of the molecule is CC1(C)OCC(Cc2ccccc2)N1C(=O)COS(=O)c1ccccc1. The van der Waals surface area contributed by atoms with Gasteiger partial charge in [0, 0.05) is 0 Å². The summed E-state index contributed by atoms with van der Waals surface area (Å²) >= 11 is -1.67. The molecule has 3 rings (SSSR count). The van der Waals surface area contributed by atoms with Gasteiger partial charge in [0.05, 0.1) is 17.5 Å². The van der Waals surface area contributed by atoms with E-state index in [4.69, 9.17) is 8.92 Å². The van der Waals surface area contributed by atoms with Crippen LogP contribution in [0.3, 0.4) is 0 Å². The average Bonchev–Trinajstić information content (AvgIpc) is 2.95. The molecule has 6 heteroatoms. The summed E-state index contributed by atoms with van der Waals surface area (Å²) in [6, 6.07) is 18.8. The molecular formula is C20H23NO4S. The second-order valence-electron chi connectivity index (χ2n) is 6.67. The summed E-state index contributed by atoms with van der Waals surface area (Å²) < 4.78 is 23.3. The van der Waals surface area contributed by atoms with Crippen molar-refractivity contribution in [2.24, 2.45) is 0 Å². The molecule has 138 valence electrons. The molecule has 1 fully saturated rings. The summed E-state index contributed by atoms with van der Waals surface area (Å²) in [5.41, 5.74) is 0.430. The second kappa shape index (κ2) is 8.12. The van der Waals surface area contributed by atoms with Gasteiger partial charge in [-0.3, -0.25) is 8.98 Å². The molecule has 1 aliphatic rings. The molecule has 2 atom stereocenters. The molecule has 0 N–H and O–H groups in total. The van der Waals surface area contributed by atoms with Crippen LogP contribution < -0.4 is 0 Å². The van der Waals surface area contributed by atoms with Crippen LogP contribution in [0.4, 0.5) is 0 Å². The highest BCUT2D eigenvalue weighted by atomic mass is 32.2. The number of hydrogen-bond donors (Lipinski definition) is 0. The number of benzene rings is 2. The Morgan fingerprint density at radius 3 is 2.42 bits per heavy atom. The standard InChI is InChI=1S/C20H23NO4S/c1-20(2)21(17(14-24-20)13-16-9-5-3-6-10-16)19(22)15-25-26(23)18-11-7-4-8-12-18/h3-12,17H,13-15H2,1-2H3. The molecule has 0 spiro atoms. The number of ether oxygens (including phenoxy) is 1. The summed E-state index contributed by atoms with van der Waals surface area (Å²) in [6.07, 6.45) is 0.706. The lowest BCUT2D eigenvalue weighted by Crippen LogP contribution is -2.50. The Morgan fingerprint density at radius 1 is 1.15 bits per heavy atom. The van der Waals surface area contributed by atoms with Crippen LogP contribution in [0.15, 0.2) is 65.6 Å². The minimum atomic E-state index is -1.67. The molecule has 2 aromatic rings. The maximum Gasteiger partial charge on any atom is 0.252 e. The van der Waals surface area contributed by atoms with Crippen LogP contribution in [0.25, 0.3) is 0 Å². The van der Waals surface area contributed by atoms with Crippen LogP contribution in [0.5, 0.6) is 0 Å². The van der Waals surface area contributed by atoms with E-state index in [2.05, 4.69) is 0 Å². The van der Waals surface area contributed by atoms with E-state index >= 15 is 0 Å². The van der Waals surface area contributed by atoms with Gasteiger partial charge in [-0.05, 0) is 38.0 Å². The van der Waals surface area contributed by atoms with E-state index in [1.54, 1.807) is 29.2 Å². The quantitative estimate of drug-likeness (QED) is 0.781. The van der Waals surface area contributed by atoms with Crippen molar-refractivity contribution in [1.82, 2.24) is 4.90 Å². The summed E-state index contributed by atoms with van der Waals surface area (Å²) in [7, 11) is 0. The number of carbonyl (C=O) groups is 1. The van der Waals surface area contributed by atoms with E-state index in [-0.39, 0.29) is 18.6 Å². The Morgan fingerprint density at radius 2 is 1.77 bits per heavy atom. The molecule has 26 heavy (non-hydrogen) atoms. The highest BCUT2D eigenvalue weighted by molar-refractivity contribution is 7.80. The molecule has 0 bridgehead atoms. The molecule has 1 aliphatic heterocycles. The van der Waals surface area contributed by atoms with E-state index in [9.17, 15) is 9.00 Å².